The molecular formula is C16H25NO2. The Morgan fingerprint density at radius 1 is 1.42 bits per heavy atom. The number of rotatable bonds is 8. The first-order chi connectivity index (χ1) is 9.08. The Kier molecular flexibility index (Phi) is 6.43. The van der Waals surface area contributed by atoms with Crippen molar-refractivity contribution in [1.29, 1.82) is 0 Å². The summed E-state index contributed by atoms with van der Waals surface area (Å²) in [7, 11) is 1.66. The van der Waals surface area contributed by atoms with Crippen LogP contribution in [0.15, 0.2) is 30.4 Å². The predicted octanol–water partition coefficient (Wildman–Crippen LogP) is 3.32. The van der Waals surface area contributed by atoms with Crippen molar-refractivity contribution in [2.24, 2.45) is 5.73 Å². The minimum absolute atomic E-state index is 0.149. The maximum atomic E-state index is 6.03. The summed E-state index contributed by atoms with van der Waals surface area (Å²) in [4.78, 5) is 0. The van der Waals surface area contributed by atoms with Crippen LogP contribution in [0.2, 0.25) is 0 Å². The molecule has 0 fully saturated rings. The largest absolute Gasteiger partial charge is 0.493 e. The van der Waals surface area contributed by atoms with Gasteiger partial charge < -0.3 is 15.2 Å². The third kappa shape index (κ3) is 4.95. The topological polar surface area (TPSA) is 44.5 Å². The van der Waals surface area contributed by atoms with E-state index >= 15 is 0 Å². The van der Waals surface area contributed by atoms with Crippen LogP contribution in [-0.4, -0.2) is 19.8 Å². The quantitative estimate of drug-likeness (QED) is 0.732. The fraction of sp³-hybridized carbons (Fsp3) is 0.500. The molecule has 0 aliphatic carbocycles. The molecule has 1 aromatic rings. The smallest absolute Gasteiger partial charge is 0.164 e. The fourth-order valence-corrected chi connectivity index (χ4v) is 1.80. The highest BCUT2D eigenvalue weighted by Gasteiger charge is 2.12. The summed E-state index contributed by atoms with van der Waals surface area (Å²) in [5, 5.41) is 0. The van der Waals surface area contributed by atoms with E-state index in [1.165, 1.54) is 0 Å². The number of para-hydroxylation sites is 1. The first kappa shape index (κ1) is 15.6. The Balaban J connectivity index is 2.86. The molecule has 3 nitrogen and oxygen atoms in total. The zero-order chi connectivity index (χ0) is 14.3. The Morgan fingerprint density at radius 2 is 2.16 bits per heavy atom. The molecular weight excluding hydrogens is 238 g/mol. The van der Waals surface area contributed by atoms with E-state index in [0.717, 1.165) is 41.9 Å². The lowest BCUT2D eigenvalue weighted by molar-refractivity contribution is 0.293. The average Bonchev–Trinajstić information content (AvgIpc) is 2.39. The van der Waals surface area contributed by atoms with Crippen molar-refractivity contribution < 1.29 is 9.47 Å². The summed E-state index contributed by atoms with van der Waals surface area (Å²) < 4.78 is 11.2. The molecule has 1 aromatic carbocycles. The molecule has 106 valence electrons. The minimum atomic E-state index is 0.149. The van der Waals surface area contributed by atoms with E-state index in [9.17, 15) is 0 Å². The average molecular weight is 263 g/mol. The van der Waals surface area contributed by atoms with Crippen LogP contribution in [0.5, 0.6) is 11.5 Å². The Bertz CT molecular complexity index is 415. The van der Waals surface area contributed by atoms with Crippen molar-refractivity contribution in [3.05, 3.63) is 35.9 Å². The van der Waals surface area contributed by atoms with Crippen LogP contribution in [0.1, 0.15) is 32.3 Å². The second kappa shape index (κ2) is 7.85. The molecule has 2 N–H and O–H groups in total. The Hall–Kier alpha value is -1.48. The van der Waals surface area contributed by atoms with Crippen LogP contribution in [-0.2, 0) is 6.42 Å². The molecule has 0 radical (unpaired) electrons. The highest BCUT2D eigenvalue weighted by molar-refractivity contribution is 5.47. The summed E-state index contributed by atoms with van der Waals surface area (Å²) in [6.07, 6.45) is 2.59. The third-order valence-electron chi connectivity index (χ3n) is 3.06. The van der Waals surface area contributed by atoms with Crippen LogP contribution in [0, 0.1) is 0 Å². The number of hydrogen-bond acceptors (Lipinski definition) is 3. The van der Waals surface area contributed by atoms with E-state index in [2.05, 4.69) is 13.5 Å². The van der Waals surface area contributed by atoms with E-state index in [1.54, 1.807) is 7.11 Å². The van der Waals surface area contributed by atoms with Gasteiger partial charge in [-0.15, -0.1) is 6.58 Å². The lowest BCUT2D eigenvalue weighted by atomic mass is 10.0. The van der Waals surface area contributed by atoms with Crippen molar-refractivity contribution in [3.63, 3.8) is 0 Å². The fourth-order valence-electron chi connectivity index (χ4n) is 1.80. The molecule has 19 heavy (non-hydrogen) atoms. The lowest BCUT2D eigenvalue weighted by Gasteiger charge is -2.17. The summed E-state index contributed by atoms with van der Waals surface area (Å²) in [6.45, 7) is 8.59. The molecule has 0 bridgehead atoms. The first-order valence-corrected chi connectivity index (χ1v) is 6.77. The zero-order valence-corrected chi connectivity index (χ0v) is 12.2. The van der Waals surface area contributed by atoms with Gasteiger partial charge in [-0.1, -0.05) is 24.6 Å². The van der Waals surface area contributed by atoms with Crippen molar-refractivity contribution in [2.45, 2.75) is 39.2 Å². The summed E-state index contributed by atoms with van der Waals surface area (Å²) in [5.74, 6) is 1.58. The van der Waals surface area contributed by atoms with Gasteiger partial charge in [0.15, 0.2) is 11.5 Å². The molecule has 0 aliphatic heterocycles. The predicted molar refractivity (Wildman–Crippen MR) is 79.9 cm³/mol. The van der Waals surface area contributed by atoms with Crippen molar-refractivity contribution >= 4 is 0 Å². The van der Waals surface area contributed by atoms with E-state index in [-0.39, 0.29) is 6.04 Å². The Labute approximate surface area is 116 Å². The van der Waals surface area contributed by atoms with Gasteiger partial charge in [0.05, 0.1) is 13.7 Å². The molecule has 1 rings (SSSR count). The van der Waals surface area contributed by atoms with Gasteiger partial charge in [0.2, 0.25) is 0 Å². The van der Waals surface area contributed by atoms with Crippen LogP contribution < -0.4 is 15.2 Å². The number of benzene rings is 1. The van der Waals surface area contributed by atoms with Gasteiger partial charge in [0.1, 0.15) is 0 Å². The maximum absolute atomic E-state index is 6.03. The van der Waals surface area contributed by atoms with E-state index in [1.807, 2.05) is 25.1 Å². The SMILES string of the molecule is C=C(C)CCOc1c(CC(N)CC)cccc1OC. The molecule has 0 saturated carbocycles. The molecule has 3 heteroatoms. The summed E-state index contributed by atoms with van der Waals surface area (Å²) in [5.41, 5.74) is 8.25. The van der Waals surface area contributed by atoms with Crippen molar-refractivity contribution in [3.8, 4) is 11.5 Å². The molecule has 0 amide bonds. The zero-order valence-electron chi connectivity index (χ0n) is 12.2. The summed E-state index contributed by atoms with van der Waals surface area (Å²) >= 11 is 0. The molecule has 1 atom stereocenters. The van der Waals surface area contributed by atoms with Gasteiger partial charge in [-0.2, -0.15) is 0 Å². The van der Waals surface area contributed by atoms with Crippen molar-refractivity contribution in [1.82, 2.24) is 0 Å². The molecule has 0 spiro atoms. The van der Waals surface area contributed by atoms with Gasteiger partial charge in [0.25, 0.3) is 0 Å². The number of nitrogens with two attached hydrogens (primary N) is 1. The normalized spacial score (nSPS) is 12.0. The van der Waals surface area contributed by atoms with E-state index in [4.69, 9.17) is 15.2 Å². The first-order valence-electron chi connectivity index (χ1n) is 6.77. The van der Waals surface area contributed by atoms with Gasteiger partial charge in [-0.25, -0.2) is 0 Å². The van der Waals surface area contributed by atoms with Crippen molar-refractivity contribution in [2.75, 3.05) is 13.7 Å². The second-order valence-electron chi connectivity index (χ2n) is 4.88. The second-order valence-corrected chi connectivity index (χ2v) is 4.88. The molecule has 0 aromatic heterocycles. The third-order valence-corrected chi connectivity index (χ3v) is 3.06. The van der Waals surface area contributed by atoms with Gasteiger partial charge in [0, 0.05) is 12.5 Å². The number of methoxy groups -OCH3 is 1. The molecule has 1 unspecified atom stereocenters. The van der Waals surface area contributed by atoms with E-state index < -0.39 is 0 Å². The maximum Gasteiger partial charge on any atom is 0.164 e. The van der Waals surface area contributed by atoms with E-state index in [0.29, 0.717) is 6.61 Å². The van der Waals surface area contributed by atoms with Gasteiger partial charge in [-0.3, -0.25) is 0 Å². The van der Waals surface area contributed by atoms with Crippen LogP contribution >= 0.6 is 0 Å². The molecule has 0 aliphatic rings. The van der Waals surface area contributed by atoms with Crippen LogP contribution in [0.4, 0.5) is 0 Å². The van der Waals surface area contributed by atoms with Crippen LogP contribution in [0.3, 0.4) is 0 Å². The summed E-state index contributed by atoms with van der Waals surface area (Å²) in [6, 6.07) is 6.09. The lowest BCUT2D eigenvalue weighted by Crippen LogP contribution is -2.21. The van der Waals surface area contributed by atoms with Gasteiger partial charge in [-0.05, 0) is 31.4 Å². The standard InChI is InChI=1S/C16H25NO2/c1-5-14(17)11-13-7-6-8-15(18-4)16(13)19-10-9-12(2)3/h6-8,14H,2,5,9-11,17H2,1,3-4H3. The monoisotopic (exact) mass is 263 g/mol. The highest BCUT2D eigenvalue weighted by atomic mass is 16.5. The van der Waals surface area contributed by atoms with Crippen LogP contribution in [0.25, 0.3) is 0 Å². The minimum Gasteiger partial charge on any atom is -0.493 e. The highest BCUT2D eigenvalue weighted by Crippen LogP contribution is 2.32. The van der Waals surface area contributed by atoms with Gasteiger partial charge >= 0.3 is 0 Å². The number of hydrogen-bond donors (Lipinski definition) is 1. The Morgan fingerprint density at radius 3 is 2.74 bits per heavy atom. The number of ether oxygens (including phenoxy) is 2. The molecule has 0 heterocycles. The molecule has 0 saturated heterocycles.